The van der Waals surface area contributed by atoms with Crippen LogP contribution in [-0.4, -0.2) is 15.7 Å². The van der Waals surface area contributed by atoms with Crippen molar-refractivity contribution in [2.75, 3.05) is 5.32 Å². The predicted molar refractivity (Wildman–Crippen MR) is 92.8 cm³/mol. The van der Waals surface area contributed by atoms with E-state index in [0.717, 1.165) is 10.6 Å². The molecule has 1 aromatic carbocycles. The van der Waals surface area contributed by atoms with Crippen LogP contribution >= 0.6 is 22.9 Å². The van der Waals surface area contributed by atoms with Crippen LogP contribution in [0.15, 0.2) is 48.1 Å². The van der Waals surface area contributed by atoms with Crippen molar-refractivity contribution in [1.82, 2.24) is 9.78 Å². The lowest BCUT2D eigenvalue weighted by Gasteiger charge is -2.04. The molecule has 23 heavy (non-hydrogen) atoms. The van der Waals surface area contributed by atoms with Crippen molar-refractivity contribution in [1.29, 1.82) is 0 Å². The Balaban J connectivity index is 1.55. The molecule has 0 unspecified atom stereocenters. The summed E-state index contributed by atoms with van der Waals surface area (Å²) in [6.45, 7) is 0. The van der Waals surface area contributed by atoms with Gasteiger partial charge in [-0.05, 0) is 47.9 Å². The van der Waals surface area contributed by atoms with E-state index in [9.17, 15) is 4.79 Å². The molecular weight excluding hydrogens is 330 g/mol. The van der Waals surface area contributed by atoms with E-state index < -0.39 is 0 Å². The lowest BCUT2D eigenvalue weighted by atomic mass is 10.1. The van der Waals surface area contributed by atoms with Crippen LogP contribution in [-0.2, 0) is 0 Å². The van der Waals surface area contributed by atoms with Crippen LogP contribution in [0.1, 0.15) is 34.0 Å². The van der Waals surface area contributed by atoms with Crippen LogP contribution in [0.2, 0.25) is 5.02 Å². The summed E-state index contributed by atoms with van der Waals surface area (Å²) < 4.78 is 1.66. The number of carbonyl (C=O) groups excluding carboxylic acids is 1. The highest BCUT2D eigenvalue weighted by Crippen LogP contribution is 2.43. The smallest absolute Gasteiger partial charge is 0.266 e. The van der Waals surface area contributed by atoms with Crippen LogP contribution < -0.4 is 5.32 Å². The van der Waals surface area contributed by atoms with Crippen LogP contribution in [0.4, 0.5) is 5.69 Å². The normalized spacial score (nSPS) is 14.0. The lowest BCUT2D eigenvalue weighted by molar-refractivity contribution is 0.102. The van der Waals surface area contributed by atoms with Gasteiger partial charge in [-0.25, -0.2) is 4.68 Å². The largest absolute Gasteiger partial charge is 0.319 e. The van der Waals surface area contributed by atoms with E-state index in [2.05, 4.69) is 16.5 Å². The monoisotopic (exact) mass is 343 g/mol. The molecule has 116 valence electrons. The Morgan fingerprint density at radius 1 is 1.30 bits per heavy atom. The minimum absolute atomic E-state index is 0.0689. The first-order valence-corrected chi connectivity index (χ1v) is 8.66. The van der Waals surface area contributed by atoms with Crippen LogP contribution in [0.5, 0.6) is 0 Å². The molecule has 4 rings (SSSR count). The Morgan fingerprint density at radius 3 is 2.91 bits per heavy atom. The number of benzene rings is 1. The molecule has 0 atom stereocenters. The third-order valence-electron chi connectivity index (χ3n) is 3.86. The fraction of sp³-hybridized carbons (Fsp3) is 0.176. The quantitative estimate of drug-likeness (QED) is 0.745. The first-order valence-electron chi connectivity index (χ1n) is 7.40. The molecule has 0 radical (unpaired) electrons. The van der Waals surface area contributed by atoms with Gasteiger partial charge in [0.15, 0.2) is 0 Å². The maximum atomic E-state index is 12.5. The molecule has 6 heteroatoms. The number of rotatable bonds is 4. The standard InChI is InChI=1S/C17H14ClN3OS/c18-14-3-1-2-4-15(14)21-10-12(9-19-21)20-17(22)16-13(7-8-23-16)11-5-6-11/h1-4,7-11H,5-6H2,(H,20,22). The molecule has 0 bridgehead atoms. The summed E-state index contributed by atoms with van der Waals surface area (Å²) in [5, 5.41) is 9.79. The zero-order valence-corrected chi connectivity index (χ0v) is 13.8. The molecular formula is C17H14ClN3OS. The van der Waals surface area contributed by atoms with E-state index in [0.29, 0.717) is 16.6 Å². The molecule has 1 N–H and O–H groups in total. The summed E-state index contributed by atoms with van der Waals surface area (Å²) in [6, 6.07) is 9.52. The zero-order valence-electron chi connectivity index (χ0n) is 12.2. The van der Waals surface area contributed by atoms with Gasteiger partial charge in [-0.2, -0.15) is 5.10 Å². The molecule has 3 aromatic rings. The summed E-state index contributed by atoms with van der Waals surface area (Å²) in [4.78, 5) is 13.3. The maximum absolute atomic E-state index is 12.5. The third kappa shape index (κ3) is 2.90. The number of para-hydroxylation sites is 1. The summed E-state index contributed by atoms with van der Waals surface area (Å²) in [6.07, 6.45) is 5.76. The molecule has 1 aliphatic rings. The minimum atomic E-state index is -0.0689. The number of anilines is 1. The fourth-order valence-electron chi connectivity index (χ4n) is 2.56. The number of hydrogen-bond donors (Lipinski definition) is 1. The summed E-state index contributed by atoms with van der Waals surface area (Å²) >= 11 is 7.66. The number of halogens is 1. The van der Waals surface area contributed by atoms with Crippen LogP contribution in [0.25, 0.3) is 5.69 Å². The molecule has 1 saturated carbocycles. The van der Waals surface area contributed by atoms with Gasteiger partial charge in [0.25, 0.3) is 5.91 Å². The van der Waals surface area contributed by atoms with E-state index >= 15 is 0 Å². The first-order chi connectivity index (χ1) is 11.2. The number of hydrogen-bond acceptors (Lipinski definition) is 3. The van der Waals surface area contributed by atoms with Crippen molar-refractivity contribution >= 4 is 34.5 Å². The van der Waals surface area contributed by atoms with Gasteiger partial charge >= 0.3 is 0 Å². The van der Waals surface area contributed by atoms with E-state index in [1.54, 1.807) is 17.1 Å². The van der Waals surface area contributed by atoms with Gasteiger partial charge in [-0.1, -0.05) is 23.7 Å². The SMILES string of the molecule is O=C(Nc1cnn(-c2ccccc2Cl)c1)c1sccc1C1CC1. The van der Waals surface area contributed by atoms with Crippen LogP contribution in [0.3, 0.4) is 0 Å². The minimum Gasteiger partial charge on any atom is -0.319 e. The average molecular weight is 344 g/mol. The second kappa shape index (κ2) is 5.83. The molecule has 0 saturated heterocycles. The summed E-state index contributed by atoms with van der Waals surface area (Å²) in [7, 11) is 0. The predicted octanol–water partition coefficient (Wildman–Crippen LogP) is 4.72. The molecule has 0 spiro atoms. The van der Waals surface area contributed by atoms with Crippen molar-refractivity contribution in [3.8, 4) is 5.69 Å². The van der Waals surface area contributed by atoms with Gasteiger partial charge in [-0.15, -0.1) is 11.3 Å². The number of nitrogens with zero attached hydrogens (tertiary/aromatic N) is 2. The summed E-state index contributed by atoms with van der Waals surface area (Å²) in [5.74, 6) is 0.494. The number of thiophene rings is 1. The number of aromatic nitrogens is 2. The van der Waals surface area contributed by atoms with Crippen molar-refractivity contribution in [2.24, 2.45) is 0 Å². The average Bonchev–Trinajstić information content (AvgIpc) is 3.09. The number of nitrogens with one attached hydrogen (secondary N) is 1. The molecule has 1 aliphatic carbocycles. The van der Waals surface area contributed by atoms with E-state index in [1.165, 1.54) is 29.7 Å². The Labute approximate surface area is 142 Å². The van der Waals surface area contributed by atoms with Gasteiger partial charge < -0.3 is 5.32 Å². The molecule has 4 nitrogen and oxygen atoms in total. The van der Waals surface area contributed by atoms with Crippen molar-refractivity contribution < 1.29 is 4.79 Å². The molecule has 0 aliphatic heterocycles. The maximum Gasteiger partial charge on any atom is 0.266 e. The zero-order chi connectivity index (χ0) is 15.8. The highest BCUT2D eigenvalue weighted by atomic mass is 35.5. The topological polar surface area (TPSA) is 46.9 Å². The van der Waals surface area contributed by atoms with Gasteiger partial charge in [0.2, 0.25) is 0 Å². The summed E-state index contributed by atoms with van der Waals surface area (Å²) in [5.41, 5.74) is 2.61. The van der Waals surface area contributed by atoms with Crippen LogP contribution in [0, 0.1) is 0 Å². The number of amides is 1. The Morgan fingerprint density at radius 2 is 2.13 bits per heavy atom. The van der Waals surface area contributed by atoms with E-state index in [1.807, 2.05) is 29.6 Å². The molecule has 1 fully saturated rings. The second-order valence-electron chi connectivity index (χ2n) is 5.56. The highest BCUT2D eigenvalue weighted by Gasteiger charge is 2.29. The van der Waals surface area contributed by atoms with Gasteiger partial charge in [0, 0.05) is 0 Å². The molecule has 2 heterocycles. The Hall–Kier alpha value is -2.11. The van der Waals surface area contributed by atoms with E-state index in [-0.39, 0.29) is 5.91 Å². The van der Waals surface area contributed by atoms with Crippen molar-refractivity contribution in [3.05, 3.63) is 63.6 Å². The van der Waals surface area contributed by atoms with Gasteiger partial charge in [0.05, 0.1) is 33.7 Å². The Bertz CT molecular complexity index is 866. The fourth-order valence-corrected chi connectivity index (χ4v) is 3.67. The Kier molecular flexibility index (Phi) is 3.67. The number of carbonyl (C=O) groups is 1. The van der Waals surface area contributed by atoms with Crippen molar-refractivity contribution in [3.63, 3.8) is 0 Å². The van der Waals surface area contributed by atoms with Gasteiger partial charge in [0.1, 0.15) is 0 Å². The molecule has 2 aromatic heterocycles. The van der Waals surface area contributed by atoms with Gasteiger partial charge in [-0.3, -0.25) is 4.79 Å². The van der Waals surface area contributed by atoms with E-state index in [4.69, 9.17) is 11.6 Å². The highest BCUT2D eigenvalue weighted by molar-refractivity contribution is 7.12. The molecule has 1 amide bonds. The van der Waals surface area contributed by atoms with Crippen molar-refractivity contribution in [2.45, 2.75) is 18.8 Å². The third-order valence-corrected chi connectivity index (χ3v) is 5.11. The first kappa shape index (κ1) is 14.5. The lowest BCUT2D eigenvalue weighted by Crippen LogP contribution is -2.11. The second-order valence-corrected chi connectivity index (χ2v) is 6.88.